The van der Waals surface area contributed by atoms with Crippen LogP contribution in [0.5, 0.6) is 0 Å². The SMILES string of the molecule is C=C(O[Si](=C)OCC1CCCC1)C1CCCCC1. The van der Waals surface area contributed by atoms with Crippen LogP contribution in [0.15, 0.2) is 12.3 Å². The van der Waals surface area contributed by atoms with E-state index in [1.54, 1.807) is 0 Å². The molecule has 2 rings (SSSR count). The zero-order valence-corrected chi connectivity index (χ0v) is 12.5. The zero-order valence-electron chi connectivity index (χ0n) is 11.5. The first-order valence-electron chi connectivity index (χ1n) is 7.44. The summed E-state index contributed by atoms with van der Waals surface area (Å²) >= 11 is 0. The maximum absolute atomic E-state index is 5.82. The minimum Gasteiger partial charge on any atom is -0.523 e. The highest BCUT2D eigenvalue weighted by Crippen LogP contribution is 2.29. The first kappa shape index (κ1) is 13.8. The lowest BCUT2D eigenvalue weighted by Gasteiger charge is -2.24. The predicted molar refractivity (Wildman–Crippen MR) is 77.6 cm³/mol. The molecule has 0 aliphatic heterocycles. The van der Waals surface area contributed by atoms with Crippen LogP contribution in [0.4, 0.5) is 0 Å². The Morgan fingerprint density at radius 1 is 1.00 bits per heavy atom. The smallest absolute Gasteiger partial charge is 0.477 e. The van der Waals surface area contributed by atoms with Gasteiger partial charge in [0.25, 0.3) is 0 Å². The van der Waals surface area contributed by atoms with Crippen LogP contribution in [0.2, 0.25) is 0 Å². The minimum absolute atomic E-state index is 0.551. The number of allylic oxidation sites excluding steroid dienone is 1. The summed E-state index contributed by atoms with van der Waals surface area (Å²) in [6.07, 6.45) is 15.9. The molecule has 0 atom stereocenters. The summed E-state index contributed by atoms with van der Waals surface area (Å²) < 4.78 is 11.6. The monoisotopic (exact) mass is 266 g/mol. The molecule has 2 aliphatic carbocycles. The molecule has 0 saturated heterocycles. The van der Waals surface area contributed by atoms with Gasteiger partial charge in [0.2, 0.25) is 0 Å². The van der Waals surface area contributed by atoms with E-state index in [0.29, 0.717) is 5.92 Å². The van der Waals surface area contributed by atoms with E-state index in [1.807, 2.05) is 0 Å². The summed E-state index contributed by atoms with van der Waals surface area (Å²) in [5.41, 5.74) is 0. The van der Waals surface area contributed by atoms with Crippen molar-refractivity contribution >= 4 is 15.1 Å². The van der Waals surface area contributed by atoms with Gasteiger partial charge in [-0.1, -0.05) is 38.7 Å². The standard InChI is InChI=1S/C15H26O2Si/c1-13(15-10-4-3-5-11-15)17-18(2)16-12-14-8-6-7-9-14/h14-15H,1-12H2. The maximum atomic E-state index is 5.82. The van der Waals surface area contributed by atoms with Gasteiger partial charge in [-0.3, -0.25) is 0 Å². The van der Waals surface area contributed by atoms with E-state index in [9.17, 15) is 0 Å². The van der Waals surface area contributed by atoms with Gasteiger partial charge < -0.3 is 8.85 Å². The van der Waals surface area contributed by atoms with Gasteiger partial charge in [-0.25, -0.2) is 0 Å². The molecule has 0 radical (unpaired) electrons. The van der Waals surface area contributed by atoms with Crippen LogP contribution in [0.3, 0.4) is 0 Å². The number of rotatable bonds is 6. The lowest BCUT2D eigenvalue weighted by Crippen LogP contribution is -2.20. The molecule has 3 heteroatoms. The second-order valence-corrected chi connectivity index (χ2v) is 6.97. The molecule has 2 saturated carbocycles. The Hall–Kier alpha value is -0.573. The predicted octanol–water partition coefficient (Wildman–Crippen LogP) is 3.81. The Morgan fingerprint density at radius 2 is 1.61 bits per heavy atom. The molecule has 0 heterocycles. The molecule has 0 aromatic rings. The molecule has 2 aliphatic rings. The van der Waals surface area contributed by atoms with Crippen molar-refractivity contribution in [3.8, 4) is 0 Å². The zero-order chi connectivity index (χ0) is 12.8. The van der Waals surface area contributed by atoms with Crippen LogP contribution < -0.4 is 0 Å². The summed E-state index contributed by atoms with van der Waals surface area (Å²) in [4.78, 5) is 0. The molecule has 2 fully saturated rings. The van der Waals surface area contributed by atoms with E-state index in [1.165, 1.54) is 57.8 Å². The third-order valence-electron chi connectivity index (χ3n) is 4.26. The van der Waals surface area contributed by atoms with E-state index in [0.717, 1.165) is 18.3 Å². The van der Waals surface area contributed by atoms with Gasteiger partial charge >= 0.3 is 8.90 Å². The quantitative estimate of drug-likeness (QED) is 0.538. The van der Waals surface area contributed by atoms with Crippen LogP contribution in [-0.4, -0.2) is 21.7 Å². The highest BCUT2D eigenvalue weighted by atomic mass is 28.3. The first-order chi connectivity index (χ1) is 8.75. The van der Waals surface area contributed by atoms with Crippen molar-refractivity contribution in [2.24, 2.45) is 11.8 Å². The molecule has 2 nitrogen and oxygen atoms in total. The number of hydrogen-bond acceptors (Lipinski definition) is 2. The van der Waals surface area contributed by atoms with E-state index >= 15 is 0 Å². The molecular formula is C15H26O2Si. The highest BCUT2D eigenvalue weighted by Gasteiger charge is 2.20. The molecule has 0 unspecified atom stereocenters. The molecule has 0 N–H and O–H groups in total. The third kappa shape index (κ3) is 4.27. The van der Waals surface area contributed by atoms with Gasteiger partial charge in [-0.2, -0.15) is 0 Å². The van der Waals surface area contributed by atoms with Crippen LogP contribution in [0.1, 0.15) is 57.8 Å². The fraction of sp³-hybridized carbons (Fsp3) is 0.800. The van der Waals surface area contributed by atoms with Crippen LogP contribution in [0.25, 0.3) is 0 Å². The fourth-order valence-electron chi connectivity index (χ4n) is 3.07. The van der Waals surface area contributed by atoms with Crippen molar-refractivity contribution in [2.45, 2.75) is 57.8 Å². The Kier molecular flexibility index (Phi) is 5.48. The topological polar surface area (TPSA) is 18.5 Å². The second-order valence-electron chi connectivity index (χ2n) is 5.74. The van der Waals surface area contributed by atoms with Gasteiger partial charge in [-0.05, 0) is 37.8 Å². The summed E-state index contributed by atoms with van der Waals surface area (Å²) in [5, 5.41) is 0. The Bertz CT molecular complexity index is 289. The third-order valence-corrected chi connectivity index (χ3v) is 5.24. The summed E-state index contributed by atoms with van der Waals surface area (Å²) in [6.45, 7) is 4.92. The van der Waals surface area contributed by atoms with Gasteiger partial charge in [-0.15, -0.1) is 0 Å². The lowest BCUT2D eigenvalue weighted by molar-refractivity contribution is 0.196. The summed E-state index contributed by atoms with van der Waals surface area (Å²) in [7, 11) is -1.37. The Morgan fingerprint density at radius 3 is 2.28 bits per heavy atom. The molecule has 0 spiro atoms. The van der Waals surface area contributed by atoms with E-state index in [2.05, 4.69) is 12.8 Å². The summed E-state index contributed by atoms with van der Waals surface area (Å²) in [5.74, 6) is 2.24. The average molecular weight is 266 g/mol. The second kappa shape index (κ2) is 7.12. The highest BCUT2D eigenvalue weighted by molar-refractivity contribution is 6.49. The van der Waals surface area contributed by atoms with Crippen LogP contribution in [0, 0.1) is 11.8 Å². The Balaban J connectivity index is 1.64. The van der Waals surface area contributed by atoms with E-state index in [4.69, 9.17) is 8.85 Å². The van der Waals surface area contributed by atoms with Gasteiger partial charge in [0, 0.05) is 5.92 Å². The molecule has 0 amide bonds. The van der Waals surface area contributed by atoms with E-state index in [-0.39, 0.29) is 0 Å². The Labute approximate surface area is 113 Å². The van der Waals surface area contributed by atoms with Crippen molar-refractivity contribution in [1.29, 1.82) is 0 Å². The lowest BCUT2D eigenvalue weighted by atomic mass is 9.88. The maximum Gasteiger partial charge on any atom is 0.477 e. The van der Waals surface area contributed by atoms with Crippen LogP contribution >= 0.6 is 0 Å². The van der Waals surface area contributed by atoms with Crippen molar-refractivity contribution in [1.82, 2.24) is 0 Å². The molecule has 18 heavy (non-hydrogen) atoms. The average Bonchev–Trinajstić information content (AvgIpc) is 2.90. The normalized spacial score (nSPS) is 21.8. The molecule has 0 aromatic heterocycles. The van der Waals surface area contributed by atoms with Gasteiger partial charge in [0.1, 0.15) is 0 Å². The van der Waals surface area contributed by atoms with Gasteiger partial charge in [0.15, 0.2) is 0 Å². The van der Waals surface area contributed by atoms with Crippen LogP contribution in [-0.2, 0) is 8.85 Å². The molecular weight excluding hydrogens is 240 g/mol. The fourth-order valence-corrected chi connectivity index (χ4v) is 4.01. The molecule has 102 valence electrons. The molecule has 0 aromatic carbocycles. The molecule has 0 bridgehead atoms. The van der Waals surface area contributed by atoms with Crippen molar-refractivity contribution in [3.63, 3.8) is 0 Å². The summed E-state index contributed by atoms with van der Waals surface area (Å²) in [6, 6.07) is 0. The van der Waals surface area contributed by atoms with Crippen molar-refractivity contribution in [2.75, 3.05) is 6.61 Å². The minimum atomic E-state index is -1.37. The van der Waals surface area contributed by atoms with Crippen molar-refractivity contribution in [3.05, 3.63) is 12.3 Å². The van der Waals surface area contributed by atoms with Crippen molar-refractivity contribution < 1.29 is 8.85 Å². The number of hydrogen-bond donors (Lipinski definition) is 0. The largest absolute Gasteiger partial charge is 0.523 e. The van der Waals surface area contributed by atoms with Gasteiger partial charge in [0.05, 0.1) is 12.4 Å². The van der Waals surface area contributed by atoms with E-state index < -0.39 is 8.90 Å². The first-order valence-corrected chi connectivity index (χ1v) is 8.96.